The number of amides is 1. The van der Waals surface area contributed by atoms with Gasteiger partial charge in [0.05, 0.1) is 29.3 Å². The Morgan fingerprint density at radius 2 is 1.17 bits per heavy atom. The Morgan fingerprint density at radius 3 is 1.50 bits per heavy atom. The lowest BCUT2D eigenvalue weighted by atomic mass is 9.93. The van der Waals surface area contributed by atoms with E-state index in [1.165, 1.54) is 22.3 Å². The van der Waals surface area contributed by atoms with Crippen molar-refractivity contribution in [2.75, 3.05) is 32.4 Å². The molecule has 4 aromatic carbocycles. The van der Waals surface area contributed by atoms with Gasteiger partial charge in [-0.05, 0) is 28.7 Å². The molecule has 7 rings (SSSR count). The van der Waals surface area contributed by atoms with Crippen LogP contribution in [-0.2, 0) is 20.7 Å². The summed E-state index contributed by atoms with van der Waals surface area (Å²) in [5.74, 6) is -0.877. The predicted molar refractivity (Wildman–Crippen MR) is 198 cm³/mol. The van der Waals surface area contributed by atoms with Crippen LogP contribution in [0.3, 0.4) is 0 Å². The summed E-state index contributed by atoms with van der Waals surface area (Å²) < 4.78 is 29.1. The third-order valence-corrected chi connectivity index (χ3v) is 9.97. The zero-order valence-corrected chi connectivity index (χ0v) is 29.9. The summed E-state index contributed by atoms with van der Waals surface area (Å²) in [6.07, 6.45) is 1.25. The molecule has 2 aliphatic heterocycles. The summed E-state index contributed by atoms with van der Waals surface area (Å²) in [5, 5.41) is 15.8. The first-order valence-electron chi connectivity index (χ1n) is 17.2. The molecule has 2 saturated heterocycles. The second-order valence-corrected chi connectivity index (χ2v) is 14.6. The molecule has 2 aliphatic rings. The summed E-state index contributed by atoms with van der Waals surface area (Å²) >= 11 is 0. The first-order valence-corrected chi connectivity index (χ1v) is 19.0. The standard InChI is InChI=1S/C22H23N5O3.C17H19NO3S/c1-2-18-21(27(29)30)19(22(23)28)24-26(18)17-13-25(14-17)20(15-9-5-3-6-10-15)16-11-7-4-8-12-16;1-22(19,20)21-16-12-18(13-16)17(14-8-4-2-5-9-14)15-10-6-3-7-11-15/h3-12,17,20H,2,13-14H2,1H3,(H2,23,28);2-11,16-17H,12-13H2,1H3. The van der Waals surface area contributed by atoms with Crippen LogP contribution in [0, 0.1) is 10.1 Å². The Labute approximate surface area is 303 Å². The number of rotatable bonds is 12. The molecular weight excluding hydrogens is 681 g/mol. The topological polar surface area (TPSA) is 154 Å². The fraction of sp³-hybridized carbons (Fsp3) is 0.282. The van der Waals surface area contributed by atoms with E-state index >= 15 is 0 Å². The summed E-state index contributed by atoms with van der Waals surface area (Å²) in [4.78, 5) is 27.2. The zero-order valence-electron chi connectivity index (χ0n) is 29.1. The fourth-order valence-corrected chi connectivity index (χ4v) is 7.68. The van der Waals surface area contributed by atoms with Crippen LogP contribution in [0.15, 0.2) is 121 Å². The number of nitro groups is 1. The maximum Gasteiger partial charge on any atom is 0.323 e. The van der Waals surface area contributed by atoms with Crippen molar-refractivity contribution in [3.63, 3.8) is 0 Å². The number of benzene rings is 4. The molecule has 2 N–H and O–H groups in total. The quantitative estimate of drug-likeness (QED) is 0.0994. The molecule has 0 aliphatic carbocycles. The van der Waals surface area contributed by atoms with Crippen molar-refractivity contribution < 1.29 is 22.3 Å². The van der Waals surface area contributed by atoms with Crippen LogP contribution >= 0.6 is 0 Å². The van der Waals surface area contributed by atoms with E-state index in [-0.39, 0.29) is 35.6 Å². The molecule has 0 radical (unpaired) electrons. The Bertz CT molecular complexity index is 1990. The van der Waals surface area contributed by atoms with Gasteiger partial charge in [0.1, 0.15) is 11.8 Å². The number of hydrogen-bond acceptors (Lipinski definition) is 9. The summed E-state index contributed by atoms with van der Waals surface area (Å²) in [6, 6.07) is 41.1. The first kappa shape index (κ1) is 36.6. The molecule has 0 atom stereocenters. The zero-order chi connectivity index (χ0) is 36.8. The van der Waals surface area contributed by atoms with Crippen LogP contribution < -0.4 is 5.73 Å². The normalized spacial score (nSPS) is 15.5. The molecule has 1 amide bonds. The van der Waals surface area contributed by atoms with Gasteiger partial charge in [0.2, 0.25) is 5.69 Å². The SMILES string of the molecule is CCc1c([N+](=O)[O-])c(C(N)=O)nn1C1CN(C(c2ccccc2)c2ccccc2)C1.CS(=O)(=O)OC1CN(C(c2ccccc2)c2ccccc2)C1. The minimum atomic E-state index is -3.39. The number of nitrogens with zero attached hydrogens (tertiary/aromatic N) is 5. The van der Waals surface area contributed by atoms with E-state index in [1.807, 2.05) is 79.7 Å². The Morgan fingerprint density at radius 1 is 0.788 bits per heavy atom. The van der Waals surface area contributed by atoms with Crippen molar-refractivity contribution in [2.24, 2.45) is 5.73 Å². The molecule has 0 unspecified atom stereocenters. The summed E-state index contributed by atoms with van der Waals surface area (Å²) in [6.45, 7) is 4.37. The molecule has 1 aromatic heterocycles. The van der Waals surface area contributed by atoms with E-state index in [1.54, 1.807) is 4.68 Å². The third kappa shape index (κ3) is 8.29. The second kappa shape index (κ2) is 16.0. The van der Waals surface area contributed by atoms with Gasteiger partial charge in [0, 0.05) is 26.2 Å². The largest absolute Gasteiger partial charge is 0.364 e. The molecule has 12 nitrogen and oxygen atoms in total. The lowest BCUT2D eigenvalue weighted by Crippen LogP contribution is -2.54. The molecule has 0 bridgehead atoms. The lowest BCUT2D eigenvalue weighted by Gasteiger charge is -2.45. The fourth-order valence-electron chi connectivity index (χ4n) is 7.06. The Hall–Kier alpha value is -5.21. The van der Waals surface area contributed by atoms with Gasteiger partial charge >= 0.3 is 5.69 Å². The van der Waals surface area contributed by atoms with Gasteiger partial charge in [-0.2, -0.15) is 13.5 Å². The maximum absolute atomic E-state index is 11.7. The van der Waals surface area contributed by atoms with E-state index in [4.69, 9.17) is 9.92 Å². The number of primary amides is 1. The summed E-state index contributed by atoms with van der Waals surface area (Å²) in [5.41, 5.74) is 10.0. The van der Waals surface area contributed by atoms with Gasteiger partial charge in [-0.25, -0.2) is 0 Å². The maximum atomic E-state index is 11.7. The van der Waals surface area contributed by atoms with Crippen molar-refractivity contribution in [3.05, 3.63) is 165 Å². The van der Waals surface area contributed by atoms with Crippen molar-refractivity contribution in [1.82, 2.24) is 19.6 Å². The minimum Gasteiger partial charge on any atom is -0.364 e. The third-order valence-electron chi connectivity index (χ3n) is 9.35. The van der Waals surface area contributed by atoms with Gasteiger partial charge < -0.3 is 5.73 Å². The van der Waals surface area contributed by atoms with Gasteiger partial charge in [-0.15, -0.1) is 0 Å². The second-order valence-electron chi connectivity index (χ2n) is 13.0. The van der Waals surface area contributed by atoms with Crippen LogP contribution in [0.2, 0.25) is 0 Å². The number of aromatic nitrogens is 2. The highest BCUT2D eigenvalue weighted by Gasteiger charge is 2.40. The van der Waals surface area contributed by atoms with E-state index in [0.29, 0.717) is 38.3 Å². The molecule has 13 heteroatoms. The van der Waals surface area contributed by atoms with E-state index < -0.39 is 20.9 Å². The van der Waals surface area contributed by atoms with Crippen molar-refractivity contribution in [2.45, 2.75) is 37.6 Å². The number of likely N-dealkylation sites (tertiary alicyclic amines) is 2. The molecule has 3 heterocycles. The number of hydrogen-bond donors (Lipinski definition) is 1. The molecular formula is C39H42N6O6S. The smallest absolute Gasteiger partial charge is 0.323 e. The number of nitrogens with two attached hydrogens (primary N) is 1. The average molecular weight is 723 g/mol. The van der Waals surface area contributed by atoms with Crippen LogP contribution in [0.4, 0.5) is 5.69 Å². The lowest BCUT2D eigenvalue weighted by molar-refractivity contribution is -0.385. The molecule has 0 saturated carbocycles. The monoisotopic (exact) mass is 722 g/mol. The highest BCUT2D eigenvalue weighted by atomic mass is 32.2. The van der Waals surface area contributed by atoms with Crippen molar-refractivity contribution in [1.29, 1.82) is 0 Å². The van der Waals surface area contributed by atoms with Crippen molar-refractivity contribution >= 4 is 21.7 Å². The molecule has 52 heavy (non-hydrogen) atoms. The van der Waals surface area contributed by atoms with Gasteiger partial charge in [-0.3, -0.25) is 33.6 Å². The molecule has 0 spiro atoms. The molecule has 270 valence electrons. The predicted octanol–water partition coefficient (Wildman–Crippen LogP) is 5.54. The summed E-state index contributed by atoms with van der Waals surface area (Å²) in [7, 11) is -3.39. The van der Waals surface area contributed by atoms with Crippen LogP contribution in [0.1, 0.15) is 63.5 Å². The highest BCUT2D eigenvalue weighted by molar-refractivity contribution is 7.86. The van der Waals surface area contributed by atoms with Crippen LogP contribution in [-0.4, -0.2) is 77.4 Å². The Balaban J connectivity index is 0.000000187. The molecule has 5 aromatic rings. The number of carbonyl (C=O) groups is 1. The van der Waals surface area contributed by atoms with E-state index in [0.717, 1.165) is 6.26 Å². The molecule has 2 fully saturated rings. The van der Waals surface area contributed by atoms with Gasteiger partial charge in [0.25, 0.3) is 16.0 Å². The van der Waals surface area contributed by atoms with Gasteiger partial charge in [0.15, 0.2) is 0 Å². The Kier molecular flexibility index (Phi) is 11.2. The number of carbonyl (C=O) groups excluding carboxylic acids is 1. The van der Waals surface area contributed by atoms with Gasteiger partial charge in [-0.1, -0.05) is 128 Å². The van der Waals surface area contributed by atoms with Crippen LogP contribution in [0.5, 0.6) is 0 Å². The average Bonchev–Trinajstić information content (AvgIpc) is 3.50. The highest BCUT2D eigenvalue weighted by Crippen LogP contribution is 2.38. The van der Waals surface area contributed by atoms with Crippen LogP contribution in [0.25, 0.3) is 0 Å². The van der Waals surface area contributed by atoms with Crippen molar-refractivity contribution in [3.8, 4) is 0 Å². The van der Waals surface area contributed by atoms with E-state index in [2.05, 4.69) is 63.4 Å². The van der Waals surface area contributed by atoms with E-state index in [9.17, 15) is 23.3 Å². The minimum absolute atomic E-state index is 0.0540. The first-order chi connectivity index (χ1) is 25.0.